The van der Waals surface area contributed by atoms with Gasteiger partial charge in [0.25, 0.3) is 0 Å². The molecule has 112 valence electrons. The third-order valence-corrected chi connectivity index (χ3v) is 2.93. The van der Waals surface area contributed by atoms with Crippen molar-refractivity contribution in [1.82, 2.24) is 10.4 Å². The molecule has 0 aliphatic heterocycles. The van der Waals surface area contributed by atoms with Gasteiger partial charge < -0.3 is 0 Å². The number of halogens is 5. The summed E-state index contributed by atoms with van der Waals surface area (Å²) in [4.78, 5) is 3.80. The lowest BCUT2D eigenvalue weighted by molar-refractivity contribution is 0.362. The summed E-state index contributed by atoms with van der Waals surface area (Å²) < 4.78 is 67.1. The van der Waals surface area contributed by atoms with E-state index in [9.17, 15) is 22.0 Å². The summed E-state index contributed by atoms with van der Waals surface area (Å²) in [6.07, 6.45) is 2.69. The first-order chi connectivity index (χ1) is 9.88. The highest BCUT2D eigenvalue weighted by atomic mass is 19.2. The lowest BCUT2D eigenvalue weighted by Crippen LogP contribution is -2.31. The fourth-order valence-corrected chi connectivity index (χ4v) is 1.96. The predicted molar refractivity (Wildman–Crippen MR) is 64.4 cm³/mol. The molecule has 1 unspecified atom stereocenters. The summed E-state index contributed by atoms with van der Waals surface area (Å²) in [5, 5.41) is 0. The van der Waals surface area contributed by atoms with Crippen molar-refractivity contribution < 1.29 is 22.0 Å². The predicted octanol–water partition coefficient (Wildman–Crippen LogP) is 2.64. The summed E-state index contributed by atoms with van der Waals surface area (Å²) in [7, 11) is 0. The highest BCUT2D eigenvalue weighted by molar-refractivity contribution is 5.35. The standard InChI is InChI=1S/C13H10F5N3/c1-5-2-6(4-20-3-5)13(21-19)7-8(14)10(16)12(18)11(17)9(7)15/h2-4,13,21H,19H2,1H3. The molecule has 0 aliphatic carbocycles. The van der Waals surface area contributed by atoms with E-state index in [4.69, 9.17) is 5.84 Å². The molecule has 3 N–H and O–H groups in total. The van der Waals surface area contributed by atoms with Crippen LogP contribution in [0, 0.1) is 36.0 Å². The maximum atomic E-state index is 13.8. The maximum Gasteiger partial charge on any atom is 0.200 e. The molecule has 0 saturated carbocycles. The number of hydrazine groups is 1. The van der Waals surface area contributed by atoms with Gasteiger partial charge in [-0.2, -0.15) is 0 Å². The van der Waals surface area contributed by atoms with Crippen molar-refractivity contribution in [3.63, 3.8) is 0 Å². The molecule has 8 heteroatoms. The molecule has 21 heavy (non-hydrogen) atoms. The van der Waals surface area contributed by atoms with E-state index in [0.717, 1.165) is 0 Å². The first-order valence-corrected chi connectivity index (χ1v) is 5.77. The van der Waals surface area contributed by atoms with Crippen LogP contribution in [-0.2, 0) is 0 Å². The Balaban J connectivity index is 2.69. The Bertz CT molecular complexity index is 661. The average Bonchev–Trinajstić information content (AvgIpc) is 2.47. The Kier molecular flexibility index (Phi) is 4.19. The second kappa shape index (κ2) is 5.74. The third kappa shape index (κ3) is 2.59. The number of benzene rings is 1. The van der Waals surface area contributed by atoms with Gasteiger partial charge in [0.2, 0.25) is 5.82 Å². The van der Waals surface area contributed by atoms with E-state index in [2.05, 4.69) is 4.98 Å². The Morgan fingerprint density at radius 1 is 0.952 bits per heavy atom. The third-order valence-electron chi connectivity index (χ3n) is 2.93. The minimum atomic E-state index is -2.22. The van der Waals surface area contributed by atoms with Gasteiger partial charge in [0, 0.05) is 12.4 Å². The van der Waals surface area contributed by atoms with Gasteiger partial charge in [0.1, 0.15) is 0 Å². The molecule has 0 saturated heterocycles. The van der Waals surface area contributed by atoms with Crippen molar-refractivity contribution in [2.24, 2.45) is 5.84 Å². The van der Waals surface area contributed by atoms with Crippen LogP contribution < -0.4 is 11.3 Å². The SMILES string of the molecule is Cc1cncc(C(NN)c2c(F)c(F)c(F)c(F)c2F)c1. The molecule has 0 aliphatic rings. The largest absolute Gasteiger partial charge is 0.271 e. The van der Waals surface area contributed by atoms with Crippen LogP contribution in [0.1, 0.15) is 22.7 Å². The fourth-order valence-electron chi connectivity index (χ4n) is 1.96. The zero-order chi connectivity index (χ0) is 15.7. The minimum absolute atomic E-state index is 0.167. The van der Waals surface area contributed by atoms with Gasteiger partial charge >= 0.3 is 0 Å². The number of nitrogens with zero attached hydrogens (tertiary/aromatic N) is 1. The van der Waals surface area contributed by atoms with E-state index < -0.39 is 40.7 Å². The first-order valence-electron chi connectivity index (χ1n) is 5.77. The molecular weight excluding hydrogens is 293 g/mol. The Morgan fingerprint density at radius 2 is 1.48 bits per heavy atom. The summed E-state index contributed by atoms with van der Waals surface area (Å²) in [6.45, 7) is 1.66. The Hall–Kier alpha value is -2.06. The van der Waals surface area contributed by atoms with Crippen LogP contribution in [0.25, 0.3) is 0 Å². The van der Waals surface area contributed by atoms with E-state index in [1.54, 1.807) is 6.92 Å². The number of rotatable bonds is 3. The monoisotopic (exact) mass is 303 g/mol. The molecule has 1 aromatic carbocycles. The number of hydrogen-bond acceptors (Lipinski definition) is 3. The lowest BCUT2D eigenvalue weighted by Gasteiger charge is -2.19. The molecule has 0 radical (unpaired) electrons. The minimum Gasteiger partial charge on any atom is -0.271 e. The number of pyridine rings is 1. The molecular formula is C13H10F5N3. The number of aryl methyl sites for hydroxylation is 1. The van der Waals surface area contributed by atoms with E-state index >= 15 is 0 Å². The quantitative estimate of drug-likeness (QED) is 0.301. The molecule has 2 aromatic rings. The van der Waals surface area contributed by atoms with Crippen molar-refractivity contribution in [3.05, 3.63) is 64.2 Å². The molecule has 1 heterocycles. The van der Waals surface area contributed by atoms with Gasteiger partial charge in [0.05, 0.1) is 11.6 Å². The van der Waals surface area contributed by atoms with Gasteiger partial charge in [0.15, 0.2) is 23.3 Å². The highest BCUT2D eigenvalue weighted by Crippen LogP contribution is 2.31. The van der Waals surface area contributed by atoms with Crippen LogP contribution in [0.5, 0.6) is 0 Å². The van der Waals surface area contributed by atoms with Crippen LogP contribution in [0.3, 0.4) is 0 Å². The molecule has 3 nitrogen and oxygen atoms in total. The molecule has 1 aromatic heterocycles. The summed E-state index contributed by atoms with van der Waals surface area (Å²) in [5.41, 5.74) is 1.79. The molecule has 2 rings (SSSR count). The van der Waals surface area contributed by atoms with Gasteiger partial charge in [-0.15, -0.1) is 0 Å². The van der Waals surface area contributed by atoms with Gasteiger partial charge in [-0.05, 0) is 18.1 Å². The molecule has 0 fully saturated rings. The summed E-state index contributed by atoms with van der Waals surface area (Å²) in [6, 6.07) is 0.0391. The van der Waals surface area contributed by atoms with Crippen molar-refractivity contribution in [2.45, 2.75) is 13.0 Å². The van der Waals surface area contributed by atoms with Crippen molar-refractivity contribution in [3.8, 4) is 0 Å². The molecule has 0 bridgehead atoms. The second-order valence-corrected chi connectivity index (χ2v) is 4.38. The molecule has 0 amide bonds. The lowest BCUT2D eigenvalue weighted by atomic mass is 9.98. The number of aromatic nitrogens is 1. The number of nitrogens with two attached hydrogens (primary N) is 1. The van der Waals surface area contributed by atoms with Gasteiger partial charge in [-0.25, -0.2) is 27.4 Å². The van der Waals surface area contributed by atoms with E-state index in [1.807, 2.05) is 5.43 Å². The van der Waals surface area contributed by atoms with Crippen molar-refractivity contribution in [1.29, 1.82) is 0 Å². The topological polar surface area (TPSA) is 50.9 Å². The van der Waals surface area contributed by atoms with E-state index in [-0.39, 0.29) is 5.56 Å². The second-order valence-electron chi connectivity index (χ2n) is 4.38. The average molecular weight is 303 g/mol. The van der Waals surface area contributed by atoms with E-state index in [1.165, 1.54) is 18.5 Å². The number of hydrogen-bond donors (Lipinski definition) is 2. The normalized spacial score (nSPS) is 12.5. The van der Waals surface area contributed by atoms with Crippen LogP contribution in [0.2, 0.25) is 0 Å². The highest BCUT2D eigenvalue weighted by Gasteiger charge is 2.30. The van der Waals surface area contributed by atoms with E-state index in [0.29, 0.717) is 5.56 Å². The maximum absolute atomic E-state index is 13.8. The summed E-state index contributed by atoms with van der Waals surface area (Å²) in [5.74, 6) is -4.92. The first kappa shape index (κ1) is 15.3. The Labute approximate surface area is 116 Å². The van der Waals surface area contributed by atoms with Gasteiger partial charge in [-0.1, -0.05) is 6.07 Å². The smallest absolute Gasteiger partial charge is 0.200 e. The number of nitrogens with one attached hydrogen (secondary N) is 1. The fraction of sp³-hybridized carbons (Fsp3) is 0.154. The zero-order valence-electron chi connectivity index (χ0n) is 10.7. The molecule has 0 spiro atoms. The molecule has 1 atom stereocenters. The van der Waals surface area contributed by atoms with Crippen LogP contribution >= 0.6 is 0 Å². The van der Waals surface area contributed by atoms with Crippen LogP contribution in [0.15, 0.2) is 18.5 Å². The van der Waals surface area contributed by atoms with Crippen LogP contribution in [-0.4, -0.2) is 4.98 Å². The Morgan fingerprint density at radius 3 is 1.95 bits per heavy atom. The van der Waals surface area contributed by atoms with Crippen molar-refractivity contribution in [2.75, 3.05) is 0 Å². The summed E-state index contributed by atoms with van der Waals surface area (Å²) >= 11 is 0. The van der Waals surface area contributed by atoms with Crippen molar-refractivity contribution >= 4 is 0 Å². The zero-order valence-corrected chi connectivity index (χ0v) is 10.7. The van der Waals surface area contributed by atoms with Gasteiger partial charge in [-0.3, -0.25) is 10.8 Å². The van der Waals surface area contributed by atoms with Crippen LogP contribution in [0.4, 0.5) is 22.0 Å².